The molecule has 0 aromatic heterocycles. The molecule has 10 nitrogen and oxygen atoms in total. The van der Waals surface area contributed by atoms with Gasteiger partial charge >= 0.3 is 0 Å². The number of nitrogens with one attached hydrogen (secondary N) is 1. The summed E-state index contributed by atoms with van der Waals surface area (Å²) in [5.74, 6) is 1.28. The lowest BCUT2D eigenvalue weighted by Crippen LogP contribution is -2.47. The summed E-state index contributed by atoms with van der Waals surface area (Å²) in [6.45, 7) is 5.45. The summed E-state index contributed by atoms with van der Waals surface area (Å²) in [5.41, 5.74) is 1.29. The van der Waals surface area contributed by atoms with Crippen LogP contribution < -0.4 is 23.8 Å². The Bertz CT molecular complexity index is 1220. The monoisotopic (exact) mass is 561 g/mol. The van der Waals surface area contributed by atoms with E-state index in [0.717, 1.165) is 24.7 Å². The predicted octanol–water partition coefficient (Wildman–Crippen LogP) is 3.35. The molecule has 1 aliphatic heterocycles. The summed E-state index contributed by atoms with van der Waals surface area (Å²) < 4.78 is 42.9. The number of unbranched alkanes of at least 4 members (excludes halogenated alkanes) is 1. The van der Waals surface area contributed by atoms with Crippen LogP contribution in [0.15, 0.2) is 42.5 Å². The number of anilines is 1. The summed E-state index contributed by atoms with van der Waals surface area (Å²) in [5, 5.41) is 2.90. The van der Waals surface area contributed by atoms with Crippen molar-refractivity contribution in [2.75, 3.05) is 44.0 Å². The van der Waals surface area contributed by atoms with Gasteiger partial charge in [0.1, 0.15) is 25.0 Å². The number of ether oxygens (including phenoxy) is 3. The normalized spacial score (nSPS) is 13.3. The molecule has 0 fully saturated rings. The van der Waals surface area contributed by atoms with E-state index in [-0.39, 0.29) is 37.7 Å². The van der Waals surface area contributed by atoms with Crippen LogP contribution >= 0.6 is 0 Å². The Hall–Kier alpha value is -3.47. The van der Waals surface area contributed by atoms with Gasteiger partial charge in [0.05, 0.1) is 19.1 Å². The number of hydrogen-bond donors (Lipinski definition) is 1. The predicted molar refractivity (Wildman–Crippen MR) is 150 cm³/mol. The summed E-state index contributed by atoms with van der Waals surface area (Å²) >= 11 is 0. The fraction of sp³-hybridized carbons (Fsp3) is 0.500. The minimum absolute atomic E-state index is 0.0688. The average molecular weight is 562 g/mol. The average Bonchev–Trinajstić information content (AvgIpc) is 2.93. The zero-order valence-corrected chi connectivity index (χ0v) is 24.0. The van der Waals surface area contributed by atoms with Gasteiger partial charge in [-0.3, -0.25) is 13.9 Å². The van der Waals surface area contributed by atoms with Crippen LogP contribution in [0.1, 0.15) is 45.1 Å². The number of fused-ring (bicyclic) bond motifs is 1. The van der Waals surface area contributed by atoms with Gasteiger partial charge in [-0.2, -0.15) is 0 Å². The SMILES string of the molecule is CCCCNC(=O)[C@H](C)N(Cc1ccc(OC)cc1)C(=O)CCCN(c1ccc2c(c1)OCCO2)S(C)(=O)=O. The highest BCUT2D eigenvalue weighted by atomic mass is 32.2. The molecule has 3 rings (SSSR count). The molecule has 11 heteroatoms. The Morgan fingerprint density at radius 2 is 1.74 bits per heavy atom. The van der Waals surface area contributed by atoms with Crippen molar-refractivity contribution < 1.29 is 32.2 Å². The third kappa shape index (κ3) is 8.51. The molecule has 0 saturated heterocycles. The number of benzene rings is 2. The number of nitrogens with zero attached hydrogens (tertiary/aromatic N) is 2. The topological polar surface area (TPSA) is 114 Å². The van der Waals surface area contributed by atoms with Crippen molar-refractivity contribution in [2.45, 2.75) is 52.1 Å². The summed E-state index contributed by atoms with van der Waals surface area (Å²) in [7, 11) is -2.04. The Morgan fingerprint density at radius 3 is 2.38 bits per heavy atom. The Balaban J connectivity index is 1.72. The Labute approximate surface area is 231 Å². The van der Waals surface area contributed by atoms with Crippen LogP contribution in [0, 0.1) is 0 Å². The molecule has 0 unspecified atom stereocenters. The molecule has 0 saturated carbocycles. The van der Waals surface area contributed by atoms with Crippen LogP contribution in [0.25, 0.3) is 0 Å². The molecule has 0 aliphatic carbocycles. The van der Waals surface area contributed by atoms with Crippen molar-refractivity contribution in [2.24, 2.45) is 0 Å². The van der Waals surface area contributed by atoms with Gasteiger partial charge in [0.15, 0.2) is 11.5 Å². The van der Waals surface area contributed by atoms with E-state index in [2.05, 4.69) is 5.32 Å². The van der Waals surface area contributed by atoms with Gasteiger partial charge in [-0.25, -0.2) is 8.42 Å². The zero-order valence-electron chi connectivity index (χ0n) is 23.1. The molecular weight excluding hydrogens is 522 g/mol. The molecule has 0 radical (unpaired) electrons. The fourth-order valence-corrected chi connectivity index (χ4v) is 5.19. The van der Waals surface area contributed by atoms with Crippen LogP contribution in [0.4, 0.5) is 5.69 Å². The molecular formula is C28H39N3O7S. The van der Waals surface area contributed by atoms with E-state index >= 15 is 0 Å². The molecule has 1 heterocycles. The highest BCUT2D eigenvalue weighted by Crippen LogP contribution is 2.34. The molecule has 1 aliphatic rings. The highest BCUT2D eigenvalue weighted by Gasteiger charge is 2.27. The van der Waals surface area contributed by atoms with Crippen molar-refractivity contribution in [3.63, 3.8) is 0 Å². The fourth-order valence-electron chi connectivity index (χ4n) is 4.24. The maximum atomic E-state index is 13.4. The van der Waals surface area contributed by atoms with Gasteiger partial charge in [-0.1, -0.05) is 25.5 Å². The minimum Gasteiger partial charge on any atom is -0.497 e. The zero-order chi connectivity index (χ0) is 28.4. The van der Waals surface area contributed by atoms with E-state index in [1.165, 1.54) is 9.21 Å². The lowest BCUT2D eigenvalue weighted by atomic mass is 10.1. The molecule has 2 amide bonds. The molecule has 0 bridgehead atoms. The second-order valence-electron chi connectivity index (χ2n) is 9.46. The van der Waals surface area contributed by atoms with Crippen molar-refractivity contribution in [1.29, 1.82) is 0 Å². The maximum absolute atomic E-state index is 13.4. The smallest absolute Gasteiger partial charge is 0.242 e. The van der Waals surface area contributed by atoms with E-state index in [0.29, 0.717) is 42.7 Å². The van der Waals surface area contributed by atoms with Gasteiger partial charge in [-0.05, 0) is 49.6 Å². The van der Waals surface area contributed by atoms with Crippen LogP contribution in [0.3, 0.4) is 0 Å². The van der Waals surface area contributed by atoms with Gasteiger partial charge in [0, 0.05) is 32.1 Å². The molecule has 0 spiro atoms. The van der Waals surface area contributed by atoms with Gasteiger partial charge < -0.3 is 24.4 Å². The van der Waals surface area contributed by atoms with E-state index in [9.17, 15) is 18.0 Å². The van der Waals surface area contributed by atoms with Crippen LogP contribution in [-0.4, -0.2) is 70.8 Å². The first kappa shape index (κ1) is 30.1. The van der Waals surface area contributed by atoms with Crippen LogP contribution in [-0.2, 0) is 26.2 Å². The third-order valence-electron chi connectivity index (χ3n) is 6.47. The second-order valence-corrected chi connectivity index (χ2v) is 11.4. The lowest BCUT2D eigenvalue weighted by molar-refractivity contribution is -0.140. The summed E-state index contributed by atoms with van der Waals surface area (Å²) in [6, 6.07) is 11.6. The largest absolute Gasteiger partial charge is 0.497 e. The van der Waals surface area contributed by atoms with E-state index in [1.807, 2.05) is 19.1 Å². The third-order valence-corrected chi connectivity index (χ3v) is 7.67. The number of amides is 2. The molecule has 1 N–H and O–H groups in total. The number of hydrogen-bond acceptors (Lipinski definition) is 7. The van der Waals surface area contributed by atoms with Gasteiger partial charge in [0.25, 0.3) is 0 Å². The second kappa shape index (κ2) is 14.1. The van der Waals surface area contributed by atoms with Crippen LogP contribution in [0.2, 0.25) is 0 Å². The van der Waals surface area contributed by atoms with Gasteiger partial charge in [-0.15, -0.1) is 0 Å². The van der Waals surface area contributed by atoms with Crippen LogP contribution in [0.5, 0.6) is 17.2 Å². The quantitative estimate of drug-likeness (QED) is 0.352. The minimum atomic E-state index is -3.62. The number of carbonyl (C=O) groups excluding carboxylic acids is 2. The number of sulfonamides is 1. The molecule has 214 valence electrons. The van der Waals surface area contributed by atoms with Crippen molar-refractivity contribution in [1.82, 2.24) is 10.2 Å². The van der Waals surface area contributed by atoms with Gasteiger partial charge in [0.2, 0.25) is 21.8 Å². The van der Waals surface area contributed by atoms with Crippen molar-refractivity contribution in [3.05, 3.63) is 48.0 Å². The van der Waals surface area contributed by atoms with Crippen molar-refractivity contribution in [3.8, 4) is 17.2 Å². The first-order chi connectivity index (χ1) is 18.6. The maximum Gasteiger partial charge on any atom is 0.242 e. The summed E-state index contributed by atoms with van der Waals surface area (Å²) in [4.78, 5) is 27.8. The number of rotatable bonds is 14. The van der Waals surface area contributed by atoms with E-state index in [1.54, 1.807) is 44.4 Å². The van der Waals surface area contributed by atoms with E-state index in [4.69, 9.17) is 14.2 Å². The standard InChI is InChI=1S/C28H39N3O7S/c1-5-6-15-29-28(33)21(2)30(20-22-9-12-24(36-3)13-10-22)27(32)8-7-16-31(39(4,34)35)23-11-14-25-26(19-23)38-18-17-37-25/h9-14,19,21H,5-8,15-18,20H2,1-4H3,(H,29,33)/t21-/m0/s1. The molecule has 2 aromatic carbocycles. The molecule has 1 atom stereocenters. The number of methoxy groups -OCH3 is 1. The molecule has 2 aromatic rings. The first-order valence-corrected chi connectivity index (χ1v) is 15.1. The Morgan fingerprint density at radius 1 is 1.05 bits per heavy atom. The first-order valence-electron chi connectivity index (χ1n) is 13.2. The Kier molecular flexibility index (Phi) is 10.8. The van der Waals surface area contributed by atoms with Crippen molar-refractivity contribution >= 4 is 27.5 Å². The molecule has 39 heavy (non-hydrogen) atoms. The van der Waals surface area contributed by atoms with E-state index < -0.39 is 16.1 Å². The summed E-state index contributed by atoms with van der Waals surface area (Å²) in [6.07, 6.45) is 3.27. The highest BCUT2D eigenvalue weighted by molar-refractivity contribution is 7.92. The lowest BCUT2D eigenvalue weighted by Gasteiger charge is -2.29. The number of carbonyl (C=O) groups is 2.